The number of halogens is 4. The summed E-state index contributed by atoms with van der Waals surface area (Å²) in [6, 6.07) is 1.54. The van der Waals surface area contributed by atoms with E-state index in [1.54, 1.807) is 6.07 Å². The first-order valence-corrected chi connectivity index (χ1v) is 5.68. The highest BCUT2D eigenvalue weighted by Gasteiger charge is 2.24. The second kappa shape index (κ2) is 4.56. The lowest BCUT2D eigenvalue weighted by molar-refractivity contribution is 0.263. The van der Waals surface area contributed by atoms with Crippen LogP contribution >= 0.6 is 46.4 Å². The Balaban J connectivity index is 2.21. The van der Waals surface area contributed by atoms with Crippen LogP contribution in [-0.2, 0) is 4.74 Å². The van der Waals surface area contributed by atoms with Crippen molar-refractivity contribution in [1.82, 2.24) is 0 Å². The van der Waals surface area contributed by atoms with Gasteiger partial charge in [-0.05, 0) is 0 Å². The molecule has 82 valence electrons. The molecule has 2 nitrogen and oxygen atoms in total. The van der Waals surface area contributed by atoms with Crippen LogP contribution in [0.4, 0.5) is 0 Å². The molecule has 6 heteroatoms. The number of benzene rings is 1. The van der Waals surface area contributed by atoms with E-state index in [2.05, 4.69) is 0 Å². The van der Waals surface area contributed by atoms with Crippen molar-refractivity contribution in [2.45, 2.75) is 6.10 Å². The summed E-state index contributed by atoms with van der Waals surface area (Å²) in [7, 11) is 0. The quantitative estimate of drug-likeness (QED) is 0.475. The molecule has 1 fully saturated rings. The molecule has 1 heterocycles. The predicted molar refractivity (Wildman–Crippen MR) is 61.7 cm³/mol. The molecule has 0 aliphatic carbocycles. The molecular weight excluding hydrogens is 282 g/mol. The maximum Gasteiger partial charge on any atom is 0.141 e. The summed E-state index contributed by atoms with van der Waals surface area (Å²) in [5.41, 5.74) is 0. The van der Waals surface area contributed by atoms with Crippen LogP contribution in [0.5, 0.6) is 5.75 Å². The summed E-state index contributed by atoms with van der Waals surface area (Å²) in [6.45, 7) is 1.15. The van der Waals surface area contributed by atoms with Gasteiger partial charge in [0.25, 0.3) is 0 Å². The zero-order valence-electron chi connectivity index (χ0n) is 7.40. The van der Waals surface area contributed by atoms with E-state index >= 15 is 0 Å². The summed E-state index contributed by atoms with van der Waals surface area (Å²) < 4.78 is 10.4. The molecule has 0 N–H and O–H groups in total. The molecule has 1 aliphatic heterocycles. The molecule has 0 bridgehead atoms. The van der Waals surface area contributed by atoms with Crippen LogP contribution in [0.1, 0.15) is 0 Å². The zero-order chi connectivity index (χ0) is 11.0. The van der Waals surface area contributed by atoms with Crippen LogP contribution in [0, 0.1) is 0 Å². The van der Waals surface area contributed by atoms with E-state index in [1.807, 2.05) is 0 Å². The summed E-state index contributed by atoms with van der Waals surface area (Å²) in [5, 5.41) is 1.03. The molecule has 0 spiro atoms. The van der Waals surface area contributed by atoms with Gasteiger partial charge in [0.15, 0.2) is 0 Å². The van der Waals surface area contributed by atoms with Crippen molar-refractivity contribution in [1.29, 1.82) is 0 Å². The minimum absolute atomic E-state index is 0.147. The fraction of sp³-hybridized carbons (Fsp3) is 0.333. The van der Waals surface area contributed by atoms with Crippen molar-refractivity contribution in [3.05, 3.63) is 26.2 Å². The third-order valence-electron chi connectivity index (χ3n) is 1.90. The molecule has 1 atom stereocenters. The van der Waals surface area contributed by atoms with Crippen LogP contribution in [0.25, 0.3) is 0 Å². The van der Waals surface area contributed by atoms with Gasteiger partial charge in [-0.3, -0.25) is 0 Å². The van der Waals surface area contributed by atoms with Crippen LogP contribution in [0.2, 0.25) is 20.1 Å². The Kier molecular flexibility index (Phi) is 3.53. The van der Waals surface area contributed by atoms with E-state index in [1.165, 1.54) is 0 Å². The van der Waals surface area contributed by atoms with Crippen LogP contribution in [-0.4, -0.2) is 19.3 Å². The Hall–Kier alpha value is 0.140. The van der Waals surface area contributed by atoms with Gasteiger partial charge in [-0.25, -0.2) is 0 Å². The molecule has 0 amide bonds. The largest absolute Gasteiger partial charge is 0.489 e. The smallest absolute Gasteiger partial charge is 0.141 e. The van der Waals surface area contributed by atoms with Crippen molar-refractivity contribution < 1.29 is 9.47 Å². The van der Waals surface area contributed by atoms with Gasteiger partial charge in [0.2, 0.25) is 0 Å². The number of hydrogen-bond donors (Lipinski definition) is 0. The highest BCUT2D eigenvalue weighted by atomic mass is 35.5. The van der Waals surface area contributed by atoms with Crippen LogP contribution in [0.3, 0.4) is 0 Å². The molecule has 2 rings (SSSR count). The van der Waals surface area contributed by atoms with E-state index in [9.17, 15) is 0 Å². The van der Waals surface area contributed by atoms with Gasteiger partial charge >= 0.3 is 0 Å². The fourth-order valence-corrected chi connectivity index (χ4v) is 1.84. The van der Waals surface area contributed by atoms with Crippen molar-refractivity contribution in [2.24, 2.45) is 0 Å². The van der Waals surface area contributed by atoms with Crippen molar-refractivity contribution in [3.8, 4) is 5.75 Å². The van der Waals surface area contributed by atoms with Gasteiger partial charge in [-0.1, -0.05) is 46.4 Å². The molecule has 1 saturated heterocycles. The lowest BCUT2D eigenvalue weighted by atomic mass is 10.3. The van der Waals surface area contributed by atoms with E-state index in [-0.39, 0.29) is 21.2 Å². The highest BCUT2D eigenvalue weighted by Crippen LogP contribution is 2.42. The van der Waals surface area contributed by atoms with Gasteiger partial charge in [0, 0.05) is 6.07 Å². The van der Waals surface area contributed by atoms with Gasteiger partial charge < -0.3 is 9.47 Å². The Morgan fingerprint density at radius 3 is 2.47 bits per heavy atom. The molecule has 0 saturated carbocycles. The monoisotopic (exact) mass is 286 g/mol. The topological polar surface area (TPSA) is 21.8 Å². The predicted octanol–water partition coefficient (Wildman–Crippen LogP) is 4.08. The molecular formula is C9H6Cl4O2. The maximum absolute atomic E-state index is 5.93. The SMILES string of the molecule is Clc1cc(OCC2CO2)c(Cl)c(Cl)c1Cl. The van der Waals surface area contributed by atoms with Gasteiger partial charge in [-0.2, -0.15) is 0 Å². The summed E-state index contributed by atoms with van der Waals surface area (Å²) in [6.07, 6.45) is 0.147. The summed E-state index contributed by atoms with van der Waals surface area (Å²) in [4.78, 5) is 0. The van der Waals surface area contributed by atoms with E-state index < -0.39 is 0 Å². The first-order valence-electron chi connectivity index (χ1n) is 4.17. The van der Waals surface area contributed by atoms with E-state index in [0.29, 0.717) is 24.0 Å². The number of rotatable bonds is 3. The van der Waals surface area contributed by atoms with Crippen molar-refractivity contribution >= 4 is 46.4 Å². The zero-order valence-corrected chi connectivity index (χ0v) is 10.4. The lowest BCUT2D eigenvalue weighted by Crippen LogP contribution is -2.04. The Morgan fingerprint density at radius 2 is 1.87 bits per heavy atom. The number of ether oxygens (including phenoxy) is 2. The summed E-state index contributed by atoms with van der Waals surface area (Å²) in [5.74, 6) is 0.423. The third kappa shape index (κ3) is 2.63. The molecule has 0 aromatic heterocycles. The molecule has 1 aromatic rings. The van der Waals surface area contributed by atoms with Crippen LogP contribution < -0.4 is 4.74 Å². The van der Waals surface area contributed by atoms with Crippen molar-refractivity contribution in [3.63, 3.8) is 0 Å². The average Bonchev–Trinajstić information content (AvgIpc) is 3.02. The minimum Gasteiger partial charge on any atom is -0.489 e. The molecule has 0 radical (unpaired) electrons. The Labute approximate surface area is 107 Å². The third-order valence-corrected chi connectivity index (χ3v) is 3.63. The minimum atomic E-state index is 0.147. The fourth-order valence-electron chi connectivity index (χ4n) is 1.00. The van der Waals surface area contributed by atoms with Crippen LogP contribution in [0.15, 0.2) is 6.07 Å². The average molecular weight is 288 g/mol. The van der Waals surface area contributed by atoms with Crippen molar-refractivity contribution in [2.75, 3.05) is 13.2 Å². The second-order valence-corrected chi connectivity index (χ2v) is 4.61. The number of hydrogen-bond acceptors (Lipinski definition) is 2. The first kappa shape index (κ1) is 11.6. The molecule has 15 heavy (non-hydrogen) atoms. The molecule has 1 unspecified atom stereocenters. The molecule has 1 aromatic carbocycles. The van der Waals surface area contributed by atoms with Gasteiger partial charge in [0.1, 0.15) is 23.5 Å². The summed E-state index contributed by atoms with van der Waals surface area (Å²) >= 11 is 23.4. The maximum atomic E-state index is 5.93. The Bertz CT molecular complexity index is 390. The van der Waals surface area contributed by atoms with Gasteiger partial charge in [-0.15, -0.1) is 0 Å². The standard InChI is InChI=1S/C9H6Cl4O2/c10-5-1-6(15-3-4-2-14-4)8(12)9(13)7(5)11/h1,4H,2-3H2. The normalized spacial score (nSPS) is 19.1. The highest BCUT2D eigenvalue weighted by molar-refractivity contribution is 6.52. The first-order chi connectivity index (χ1) is 7.09. The lowest BCUT2D eigenvalue weighted by Gasteiger charge is -2.09. The second-order valence-electron chi connectivity index (χ2n) is 3.06. The van der Waals surface area contributed by atoms with E-state index in [0.717, 1.165) is 0 Å². The van der Waals surface area contributed by atoms with E-state index in [4.69, 9.17) is 55.9 Å². The Morgan fingerprint density at radius 1 is 1.20 bits per heavy atom. The molecule has 1 aliphatic rings. The van der Waals surface area contributed by atoms with Gasteiger partial charge in [0.05, 0.1) is 21.7 Å². The number of epoxide rings is 1.